The van der Waals surface area contributed by atoms with Crippen LogP contribution in [0.3, 0.4) is 0 Å². The van der Waals surface area contributed by atoms with Crippen molar-refractivity contribution < 1.29 is 8.42 Å². The summed E-state index contributed by atoms with van der Waals surface area (Å²) >= 11 is 1.52. The molecule has 0 N–H and O–H groups in total. The van der Waals surface area contributed by atoms with E-state index in [4.69, 9.17) is 0 Å². The van der Waals surface area contributed by atoms with Crippen LogP contribution in [-0.2, 0) is 15.6 Å². The van der Waals surface area contributed by atoms with E-state index in [9.17, 15) is 8.42 Å². The zero-order valence-corrected chi connectivity index (χ0v) is 13.7. The first kappa shape index (κ1) is 15.1. The van der Waals surface area contributed by atoms with Gasteiger partial charge in [-0.2, -0.15) is 0 Å². The number of benzene rings is 2. The van der Waals surface area contributed by atoms with Gasteiger partial charge in [-0.25, -0.2) is 8.42 Å². The third-order valence-electron chi connectivity index (χ3n) is 3.35. The number of nitrogens with zero attached hydrogens (tertiary/aromatic N) is 1. The van der Waals surface area contributed by atoms with Crippen molar-refractivity contribution in [1.29, 1.82) is 0 Å². The largest absolute Gasteiger partial charge is 0.256 e. The summed E-state index contributed by atoms with van der Waals surface area (Å²) in [6.45, 7) is 0. The van der Waals surface area contributed by atoms with Crippen LogP contribution in [0.15, 0.2) is 70.6 Å². The van der Waals surface area contributed by atoms with Crippen molar-refractivity contribution in [2.24, 2.45) is 0 Å². The van der Waals surface area contributed by atoms with Crippen LogP contribution in [-0.4, -0.2) is 19.7 Å². The molecule has 3 nitrogen and oxygen atoms in total. The average molecular weight is 329 g/mol. The highest BCUT2D eigenvalue weighted by Crippen LogP contribution is 2.30. The van der Waals surface area contributed by atoms with Crippen molar-refractivity contribution in [3.05, 3.63) is 66.4 Å². The smallest absolute Gasteiger partial charge is 0.176 e. The predicted octanol–water partition coefficient (Wildman–Crippen LogP) is 3.93. The Balaban J connectivity index is 1.93. The second-order valence-corrected chi connectivity index (χ2v) is 8.00. The molecule has 2 aromatic carbocycles. The zero-order valence-electron chi connectivity index (χ0n) is 12.1. The van der Waals surface area contributed by atoms with Gasteiger partial charge in [-0.05, 0) is 23.8 Å². The number of hydrogen-bond donors (Lipinski definition) is 0. The summed E-state index contributed by atoms with van der Waals surface area (Å²) in [5.41, 5.74) is 2.07. The molecule has 0 fully saturated rings. The Kier molecular flexibility index (Phi) is 4.18. The fourth-order valence-electron chi connectivity index (χ4n) is 2.32. The van der Waals surface area contributed by atoms with E-state index in [1.54, 1.807) is 18.3 Å². The molecule has 0 bridgehead atoms. The number of para-hydroxylation sites is 1. The third-order valence-corrected chi connectivity index (χ3v) is 5.75. The van der Waals surface area contributed by atoms with E-state index in [0.717, 1.165) is 21.4 Å². The van der Waals surface area contributed by atoms with Crippen molar-refractivity contribution >= 4 is 32.5 Å². The highest BCUT2D eigenvalue weighted by molar-refractivity contribution is 7.99. The van der Waals surface area contributed by atoms with E-state index in [1.807, 2.05) is 42.5 Å². The molecule has 0 aliphatic carbocycles. The normalized spacial score (nSPS) is 11.7. The lowest BCUT2D eigenvalue weighted by molar-refractivity contribution is 0.600. The van der Waals surface area contributed by atoms with Crippen LogP contribution >= 0.6 is 11.8 Å². The predicted molar refractivity (Wildman–Crippen MR) is 90.9 cm³/mol. The molecule has 3 rings (SSSR count). The molecule has 0 saturated carbocycles. The lowest BCUT2D eigenvalue weighted by Crippen LogP contribution is -1.99. The van der Waals surface area contributed by atoms with Gasteiger partial charge < -0.3 is 0 Å². The second kappa shape index (κ2) is 6.10. The van der Waals surface area contributed by atoms with E-state index < -0.39 is 9.84 Å². The Morgan fingerprint density at radius 1 is 1.00 bits per heavy atom. The molecular weight excluding hydrogens is 314 g/mol. The topological polar surface area (TPSA) is 47.0 Å². The van der Waals surface area contributed by atoms with E-state index in [-0.39, 0.29) is 0 Å². The van der Waals surface area contributed by atoms with Gasteiger partial charge in [-0.1, -0.05) is 36.4 Å². The van der Waals surface area contributed by atoms with Crippen LogP contribution in [0.4, 0.5) is 0 Å². The fourth-order valence-corrected chi connectivity index (χ4v) is 4.63. The maximum absolute atomic E-state index is 11.9. The van der Waals surface area contributed by atoms with Gasteiger partial charge in [-0.15, -0.1) is 11.8 Å². The number of thioether (sulfide) groups is 1. The third kappa shape index (κ3) is 3.15. The molecule has 0 atom stereocenters. The summed E-state index contributed by atoms with van der Waals surface area (Å²) in [4.78, 5) is 5.59. The first-order chi connectivity index (χ1) is 10.6. The van der Waals surface area contributed by atoms with Gasteiger partial charge in [0.1, 0.15) is 0 Å². The van der Waals surface area contributed by atoms with Crippen LogP contribution in [0.5, 0.6) is 0 Å². The Labute approximate surface area is 134 Å². The van der Waals surface area contributed by atoms with E-state index in [0.29, 0.717) is 10.6 Å². The van der Waals surface area contributed by atoms with Crippen molar-refractivity contribution in [2.45, 2.75) is 15.5 Å². The summed E-state index contributed by atoms with van der Waals surface area (Å²) in [5, 5.41) is 1.09. The van der Waals surface area contributed by atoms with E-state index in [1.165, 1.54) is 18.0 Å². The molecule has 0 unspecified atom stereocenters. The summed E-state index contributed by atoms with van der Waals surface area (Å²) in [6, 6.07) is 17.1. The lowest BCUT2D eigenvalue weighted by Gasteiger charge is -2.09. The SMILES string of the molecule is CS(=O)(=O)c1ccccc1SCc1cccc2cccnc12. The fraction of sp³-hybridized carbons (Fsp3) is 0.118. The van der Waals surface area contributed by atoms with E-state index in [2.05, 4.69) is 4.98 Å². The Hall–Kier alpha value is -1.85. The van der Waals surface area contributed by atoms with Gasteiger partial charge in [0.2, 0.25) is 0 Å². The number of hydrogen-bond acceptors (Lipinski definition) is 4. The molecule has 5 heteroatoms. The summed E-state index contributed by atoms with van der Waals surface area (Å²) < 4.78 is 23.7. The minimum Gasteiger partial charge on any atom is -0.256 e. The molecule has 22 heavy (non-hydrogen) atoms. The summed E-state index contributed by atoms with van der Waals surface area (Å²) in [6.07, 6.45) is 3.02. The number of rotatable bonds is 4. The molecule has 0 aliphatic rings. The van der Waals surface area contributed by atoms with Crippen LogP contribution in [0, 0.1) is 0 Å². The first-order valence-electron chi connectivity index (χ1n) is 6.80. The number of sulfone groups is 1. The molecule has 1 aromatic heterocycles. The minimum atomic E-state index is -3.22. The molecule has 0 radical (unpaired) electrons. The molecule has 0 amide bonds. The highest BCUT2D eigenvalue weighted by Gasteiger charge is 2.13. The van der Waals surface area contributed by atoms with Crippen LogP contribution < -0.4 is 0 Å². The highest BCUT2D eigenvalue weighted by atomic mass is 32.2. The monoisotopic (exact) mass is 329 g/mol. The molecule has 112 valence electrons. The summed E-state index contributed by atoms with van der Waals surface area (Å²) in [7, 11) is -3.22. The molecule has 1 heterocycles. The van der Waals surface area contributed by atoms with Crippen LogP contribution in [0.2, 0.25) is 0 Å². The standard InChI is InChI=1S/C17H15NO2S2/c1-22(19,20)16-10-3-2-9-15(16)21-12-14-7-4-6-13-8-5-11-18-17(13)14/h2-11H,12H2,1H3. The molecule has 0 aliphatic heterocycles. The van der Waals surface area contributed by atoms with Gasteiger partial charge in [0.25, 0.3) is 0 Å². The number of aromatic nitrogens is 1. The number of pyridine rings is 1. The van der Waals surface area contributed by atoms with Gasteiger partial charge in [0.15, 0.2) is 9.84 Å². The zero-order chi connectivity index (χ0) is 15.6. The Morgan fingerprint density at radius 3 is 2.59 bits per heavy atom. The number of fused-ring (bicyclic) bond motifs is 1. The van der Waals surface area contributed by atoms with Crippen molar-refractivity contribution in [3.8, 4) is 0 Å². The van der Waals surface area contributed by atoms with E-state index >= 15 is 0 Å². The molecule has 3 aromatic rings. The molecular formula is C17H15NO2S2. The maximum atomic E-state index is 11.9. The van der Waals surface area contributed by atoms with Crippen LogP contribution in [0.1, 0.15) is 5.56 Å². The average Bonchev–Trinajstić information content (AvgIpc) is 2.52. The van der Waals surface area contributed by atoms with Gasteiger partial charge >= 0.3 is 0 Å². The lowest BCUT2D eigenvalue weighted by atomic mass is 10.1. The van der Waals surface area contributed by atoms with Gasteiger partial charge in [-0.3, -0.25) is 4.98 Å². The maximum Gasteiger partial charge on any atom is 0.176 e. The Morgan fingerprint density at radius 2 is 1.77 bits per heavy atom. The van der Waals surface area contributed by atoms with Crippen molar-refractivity contribution in [1.82, 2.24) is 4.98 Å². The van der Waals surface area contributed by atoms with Crippen molar-refractivity contribution in [3.63, 3.8) is 0 Å². The van der Waals surface area contributed by atoms with Gasteiger partial charge in [0.05, 0.1) is 10.4 Å². The summed E-state index contributed by atoms with van der Waals surface area (Å²) in [5.74, 6) is 0.681. The quantitative estimate of drug-likeness (QED) is 0.680. The van der Waals surface area contributed by atoms with Crippen LogP contribution in [0.25, 0.3) is 10.9 Å². The van der Waals surface area contributed by atoms with Crippen molar-refractivity contribution in [2.75, 3.05) is 6.26 Å². The minimum absolute atomic E-state index is 0.383. The molecule has 0 saturated heterocycles. The Bertz CT molecular complexity index is 915. The second-order valence-electron chi connectivity index (χ2n) is 5.00. The first-order valence-corrected chi connectivity index (χ1v) is 9.68. The van der Waals surface area contributed by atoms with Gasteiger partial charge in [0, 0.05) is 28.5 Å². The molecule has 0 spiro atoms.